The Balaban J connectivity index is 2.13. The van der Waals surface area contributed by atoms with Gasteiger partial charge in [0.15, 0.2) is 0 Å². The first-order chi connectivity index (χ1) is 7.08. The van der Waals surface area contributed by atoms with E-state index in [0.29, 0.717) is 12.0 Å². The van der Waals surface area contributed by atoms with Crippen molar-refractivity contribution in [1.29, 1.82) is 0 Å². The van der Waals surface area contributed by atoms with Gasteiger partial charge in [-0.2, -0.15) is 0 Å². The number of rotatable bonds is 2. The molecule has 1 aliphatic rings. The van der Waals surface area contributed by atoms with E-state index in [-0.39, 0.29) is 5.38 Å². The van der Waals surface area contributed by atoms with Crippen molar-refractivity contribution >= 4 is 38.9 Å². The van der Waals surface area contributed by atoms with Crippen LogP contribution < -0.4 is 0 Å². The molecule has 15 heavy (non-hydrogen) atoms. The van der Waals surface area contributed by atoms with E-state index in [1.54, 1.807) is 11.3 Å². The Morgan fingerprint density at radius 3 is 2.87 bits per heavy atom. The summed E-state index contributed by atoms with van der Waals surface area (Å²) in [6, 6.07) is 2.14. The predicted octanol–water partition coefficient (Wildman–Crippen LogP) is 4.52. The van der Waals surface area contributed by atoms with Gasteiger partial charge in [-0.15, -0.1) is 22.9 Å². The summed E-state index contributed by atoms with van der Waals surface area (Å²) in [4.78, 5) is 1.31. The highest BCUT2D eigenvalue weighted by Gasteiger charge is 2.30. The van der Waals surface area contributed by atoms with Crippen LogP contribution in [0.1, 0.15) is 29.2 Å². The van der Waals surface area contributed by atoms with Crippen LogP contribution in [0.2, 0.25) is 0 Å². The number of ether oxygens (including phenoxy) is 1. The second kappa shape index (κ2) is 4.74. The molecule has 0 N–H and O–H groups in total. The number of hydrogen-bond donors (Lipinski definition) is 0. The minimum atomic E-state index is 0.0949. The molecule has 0 aromatic carbocycles. The molecule has 2 heterocycles. The average molecular weight is 310 g/mol. The number of thiophene rings is 1. The Hall–Kier alpha value is 0.430. The van der Waals surface area contributed by atoms with Crippen molar-refractivity contribution in [1.82, 2.24) is 0 Å². The lowest BCUT2D eigenvalue weighted by Gasteiger charge is -2.15. The van der Waals surface area contributed by atoms with E-state index in [1.165, 1.54) is 10.4 Å². The molecule has 3 unspecified atom stereocenters. The van der Waals surface area contributed by atoms with Crippen LogP contribution in [-0.4, -0.2) is 12.7 Å². The summed E-state index contributed by atoms with van der Waals surface area (Å²) in [6.45, 7) is 5.03. The second-order valence-corrected chi connectivity index (χ2v) is 7.21. The molecule has 0 bridgehead atoms. The maximum absolute atomic E-state index is 6.50. The van der Waals surface area contributed by atoms with Crippen LogP contribution in [-0.2, 0) is 4.74 Å². The third-order valence-corrected chi connectivity index (χ3v) is 5.03. The van der Waals surface area contributed by atoms with E-state index < -0.39 is 0 Å². The van der Waals surface area contributed by atoms with Crippen LogP contribution in [0.3, 0.4) is 0 Å². The van der Waals surface area contributed by atoms with Crippen molar-refractivity contribution < 1.29 is 4.74 Å². The summed E-state index contributed by atoms with van der Waals surface area (Å²) in [5, 5.41) is 0.0949. The van der Waals surface area contributed by atoms with Gasteiger partial charge in [0.2, 0.25) is 0 Å². The zero-order valence-electron chi connectivity index (χ0n) is 8.80. The zero-order valence-corrected chi connectivity index (χ0v) is 12.0. The van der Waals surface area contributed by atoms with Crippen molar-refractivity contribution in [2.45, 2.75) is 31.7 Å². The SMILES string of the molecule is Cc1sc(Br)cc1C(Cl)C1COC(C)C1. The van der Waals surface area contributed by atoms with Crippen LogP contribution in [0.5, 0.6) is 0 Å². The molecule has 1 aromatic heterocycles. The summed E-state index contributed by atoms with van der Waals surface area (Å²) in [5.74, 6) is 0.460. The summed E-state index contributed by atoms with van der Waals surface area (Å²) in [7, 11) is 0. The Labute approximate surface area is 108 Å². The van der Waals surface area contributed by atoms with Crippen LogP contribution in [0.15, 0.2) is 9.85 Å². The van der Waals surface area contributed by atoms with E-state index >= 15 is 0 Å². The van der Waals surface area contributed by atoms with Gasteiger partial charge in [0.05, 0.1) is 21.9 Å². The molecule has 1 nitrogen and oxygen atoms in total. The predicted molar refractivity (Wildman–Crippen MR) is 68.9 cm³/mol. The average Bonchev–Trinajstić information content (AvgIpc) is 2.71. The Morgan fingerprint density at radius 2 is 2.40 bits per heavy atom. The minimum Gasteiger partial charge on any atom is -0.378 e. The fourth-order valence-electron chi connectivity index (χ4n) is 2.04. The van der Waals surface area contributed by atoms with Gasteiger partial charge >= 0.3 is 0 Å². The molecular formula is C11H14BrClOS. The van der Waals surface area contributed by atoms with Gasteiger partial charge in [0.1, 0.15) is 0 Å². The summed E-state index contributed by atoms with van der Waals surface area (Å²) in [5.41, 5.74) is 1.26. The number of halogens is 2. The third-order valence-electron chi connectivity index (χ3n) is 2.87. The van der Waals surface area contributed by atoms with Crippen LogP contribution in [0, 0.1) is 12.8 Å². The molecule has 84 valence electrons. The molecule has 4 heteroatoms. The quantitative estimate of drug-likeness (QED) is 0.730. The molecule has 0 radical (unpaired) electrons. The molecule has 1 saturated heterocycles. The second-order valence-electron chi connectivity index (χ2n) is 4.10. The first kappa shape index (κ1) is 11.9. The van der Waals surface area contributed by atoms with Crippen LogP contribution in [0.4, 0.5) is 0 Å². The molecule has 1 aromatic rings. The normalized spacial score (nSPS) is 28.3. The van der Waals surface area contributed by atoms with Crippen molar-refractivity contribution in [3.8, 4) is 0 Å². The fraction of sp³-hybridized carbons (Fsp3) is 0.636. The standard InChI is InChI=1S/C11H14BrClOS/c1-6-3-8(5-14-6)11(13)9-4-10(12)15-7(9)2/h4,6,8,11H,3,5H2,1-2H3. The van der Waals surface area contributed by atoms with Gasteiger partial charge in [-0.25, -0.2) is 0 Å². The number of aryl methyl sites for hydroxylation is 1. The molecule has 1 fully saturated rings. The largest absolute Gasteiger partial charge is 0.378 e. The van der Waals surface area contributed by atoms with Crippen molar-refractivity contribution in [3.63, 3.8) is 0 Å². The van der Waals surface area contributed by atoms with Gasteiger partial charge in [0, 0.05) is 10.8 Å². The molecule has 2 rings (SSSR count). The van der Waals surface area contributed by atoms with Gasteiger partial charge < -0.3 is 4.74 Å². The van der Waals surface area contributed by atoms with E-state index in [4.69, 9.17) is 16.3 Å². The first-order valence-electron chi connectivity index (χ1n) is 5.09. The van der Waals surface area contributed by atoms with Gasteiger partial charge in [-0.3, -0.25) is 0 Å². The number of hydrogen-bond acceptors (Lipinski definition) is 2. The molecule has 0 saturated carbocycles. The zero-order chi connectivity index (χ0) is 11.0. The minimum absolute atomic E-state index is 0.0949. The number of alkyl halides is 1. The monoisotopic (exact) mass is 308 g/mol. The Kier molecular flexibility index (Phi) is 3.76. The van der Waals surface area contributed by atoms with Crippen molar-refractivity contribution in [3.05, 3.63) is 20.3 Å². The molecule has 0 spiro atoms. The highest BCUT2D eigenvalue weighted by molar-refractivity contribution is 9.11. The highest BCUT2D eigenvalue weighted by atomic mass is 79.9. The van der Waals surface area contributed by atoms with Crippen LogP contribution in [0.25, 0.3) is 0 Å². The van der Waals surface area contributed by atoms with Gasteiger partial charge in [0.25, 0.3) is 0 Å². The Bertz CT molecular complexity index is 352. The maximum atomic E-state index is 6.50. The summed E-state index contributed by atoms with van der Waals surface area (Å²) < 4.78 is 6.72. The first-order valence-corrected chi connectivity index (χ1v) is 7.14. The van der Waals surface area contributed by atoms with Gasteiger partial charge in [-0.05, 0) is 47.8 Å². The van der Waals surface area contributed by atoms with Crippen molar-refractivity contribution in [2.24, 2.45) is 5.92 Å². The molecule has 3 atom stereocenters. The summed E-state index contributed by atoms with van der Waals surface area (Å²) >= 11 is 11.8. The van der Waals surface area contributed by atoms with Gasteiger partial charge in [-0.1, -0.05) is 0 Å². The lowest BCUT2D eigenvalue weighted by atomic mass is 9.97. The van der Waals surface area contributed by atoms with E-state index in [0.717, 1.165) is 16.8 Å². The Morgan fingerprint density at radius 1 is 1.67 bits per heavy atom. The topological polar surface area (TPSA) is 9.23 Å². The maximum Gasteiger partial charge on any atom is 0.0704 e. The highest BCUT2D eigenvalue weighted by Crippen LogP contribution is 2.41. The molecule has 0 amide bonds. The van der Waals surface area contributed by atoms with E-state index in [9.17, 15) is 0 Å². The lowest BCUT2D eigenvalue weighted by molar-refractivity contribution is 0.120. The molecular weight excluding hydrogens is 296 g/mol. The lowest BCUT2D eigenvalue weighted by Crippen LogP contribution is -2.08. The van der Waals surface area contributed by atoms with Crippen LogP contribution >= 0.6 is 38.9 Å². The summed E-state index contributed by atoms with van der Waals surface area (Å²) in [6.07, 6.45) is 1.43. The fourth-order valence-corrected chi connectivity index (χ4v) is 4.26. The molecule has 0 aliphatic carbocycles. The van der Waals surface area contributed by atoms with E-state index in [2.05, 4.69) is 35.8 Å². The van der Waals surface area contributed by atoms with E-state index in [1.807, 2.05) is 0 Å². The smallest absolute Gasteiger partial charge is 0.0704 e. The third kappa shape index (κ3) is 2.57. The molecule has 1 aliphatic heterocycles. The van der Waals surface area contributed by atoms with Crippen molar-refractivity contribution in [2.75, 3.05) is 6.61 Å².